The summed E-state index contributed by atoms with van der Waals surface area (Å²) in [6, 6.07) is 7.03. The molecule has 0 aliphatic rings. The van der Waals surface area contributed by atoms with Crippen LogP contribution in [0.1, 0.15) is 26.3 Å². The summed E-state index contributed by atoms with van der Waals surface area (Å²) in [5.74, 6) is -0.249. The summed E-state index contributed by atoms with van der Waals surface area (Å²) in [5, 5.41) is 0. The highest BCUT2D eigenvalue weighted by Gasteiger charge is 2.37. The lowest BCUT2D eigenvalue weighted by molar-refractivity contribution is -0.137. The Balaban J connectivity index is 2.56. The molecule has 130 valence electrons. The first-order valence-corrected chi connectivity index (χ1v) is 8.18. The van der Waals surface area contributed by atoms with Crippen molar-refractivity contribution in [3.8, 4) is 6.01 Å². The van der Waals surface area contributed by atoms with E-state index in [1.807, 2.05) is 12.1 Å². The lowest BCUT2D eigenvalue weighted by atomic mass is 10.2. The second-order valence-electron chi connectivity index (χ2n) is 6.11. The van der Waals surface area contributed by atoms with Gasteiger partial charge in [-0.25, -0.2) is 4.98 Å². The third-order valence-corrected chi connectivity index (χ3v) is 3.89. The molecule has 1 heterocycles. The van der Waals surface area contributed by atoms with Crippen molar-refractivity contribution in [3.05, 3.63) is 39.6 Å². The van der Waals surface area contributed by atoms with Crippen LogP contribution in [-0.2, 0) is 6.18 Å². The molecule has 24 heavy (non-hydrogen) atoms. The molecule has 0 N–H and O–H groups in total. The van der Waals surface area contributed by atoms with Crippen molar-refractivity contribution in [2.75, 3.05) is 11.9 Å². The Morgan fingerprint density at radius 2 is 1.75 bits per heavy atom. The van der Waals surface area contributed by atoms with Gasteiger partial charge in [-0.05, 0) is 55.5 Å². The molecule has 2 rings (SSSR count). The molecule has 0 aliphatic heterocycles. The van der Waals surface area contributed by atoms with Crippen LogP contribution in [0.25, 0.3) is 0 Å². The lowest BCUT2D eigenvalue weighted by Crippen LogP contribution is -2.26. The number of aromatic nitrogens is 2. The predicted octanol–water partition coefficient (Wildman–Crippen LogP) is 5.05. The molecule has 0 aliphatic carbocycles. The molecule has 1 aromatic heterocycles. The summed E-state index contributed by atoms with van der Waals surface area (Å²) in [6.45, 7) is 5.33. The number of halogens is 4. The molecule has 2 aromatic rings. The Morgan fingerprint density at radius 3 is 2.29 bits per heavy atom. The predicted molar refractivity (Wildman–Crippen MR) is 94.6 cm³/mol. The Labute approximate surface area is 152 Å². The summed E-state index contributed by atoms with van der Waals surface area (Å²) in [6.07, 6.45) is -3.81. The molecule has 0 bridgehead atoms. The van der Waals surface area contributed by atoms with E-state index >= 15 is 0 Å². The zero-order valence-corrected chi connectivity index (χ0v) is 15.8. The zero-order chi connectivity index (χ0) is 18.1. The van der Waals surface area contributed by atoms with Crippen LogP contribution in [-0.4, -0.2) is 22.6 Å². The smallest absolute Gasteiger partial charge is 0.421 e. The quantitative estimate of drug-likeness (QED) is 0.613. The Morgan fingerprint density at radius 1 is 1.12 bits per heavy atom. The van der Waals surface area contributed by atoms with Crippen molar-refractivity contribution in [1.82, 2.24) is 9.97 Å². The monoisotopic (exact) mass is 451 g/mol. The third-order valence-electron chi connectivity index (χ3n) is 2.98. The van der Waals surface area contributed by atoms with Gasteiger partial charge in [-0.15, -0.1) is 0 Å². The van der Waals surface area contributed by atoms with E-state index in [1.165, 1.54) is 11.9 Å². The van der Waals surface area contributed by atoms with Crippen LogP contribution >= 0.6 is 22.6 Å². The first-order chi connectivity index (χ1) is 11.0. The van der Waals surface area contributed by atoms with Crippen LogP contribution < -0.4 is 9.64 Å². The second-order valence-corrected chi connectivity index (χ2v) is 7.27. The van der Waals surface area contributed by atoms with Gasteiger partial charge in [0.15, 0.2) is 5.82 Å². The minimum absolute atomic E-state index is 0.0942. The second kappa shape index (κ2) is 6.73. The van der Waals surface area contributed by atoms with E-state index in [4.69, 9.17) is 4.74 Å². The topological polar surface area (TPSA) is 38.2 Å². The van der Waals surface area contributed by atoms with Crippen LogP contribution in [0.2, 0.25) is 0 Å². The van der Waals surface area contributed by atoms with Crippen molar-refractivity contribution in [3.63, 3.8) is 0 Å². The van der Waals surface area contributed by atoms with Crippen molar-refractivity contribution < 1.29 is 17.9 Å². The summed E-state index contributed by atoms with van der Waals surface area (Å²) < 4.78 is 46.4. The van der Waals surface area contributed by atoms with Gasteiger partial charge in [0, 0.05) is 16.8 Å². The summed E-state index contributed by atoms with van der Waals surface area (Å²) in [7, 11) is 1.54. The molecule has 1 aromatic carbocycles. The molecule has 0 radical (unpaired) electrons. The van der Waals surface area contributed by atoms with Gasteiger partial charge in [0.2, 0.25) is 0 Å². The highest BCUT2D eigenvalue weighted by molar-refractivity contribution is 14.1. The maximum Gasteiger partial charge on any atom is 0.421 e. The van der Waals surface area contributed by atoms with E-state index in [-0.39, 0.29) is 11.8 Å². The number of hydrogen-bond acceptors (Lipinski definition) is 4. The molecule has 8 heteroatoms. The summed E-state index contributed by atoms with van der Waals surface area (Å²) in [4.78, 5) is 9.11. The van der Waals surface area contributed by atoms with Crippen LogP contribution in [0.5, 0.6) is 6.01 Å². The molecule has 0 saturated carbocycles. The molecular formula is C16H17F3IN3O. The van der Waals surface area contributed by atoms with Gasteiger partial charge in [-0.3, -0.25) is 0 Å². The molecule has 0 unspecified atom stereocenters. The molecule has 0 fully saturated rings. The number of hydrogen-bond donors (Lipinski definition) is 0. The SMILES string of the molecule is CN(c1ccccc1I)c1nc(OC(C)(C)C)ncc1C(F)(F)F. The number of ether oxygens (including phenoxy) is 1. The van der Waals surface area contributed by atoms with E-state index < -0.39 is 17.3 Å². The van der Waals surface area contributed by atoms with E-state index in [0.717, 1.165) is 9.77 Å². The van der Waals surface area contributed by atoms with Gasteiger partial charge in [0.25, 0.3) is 0 Å². The molecular weight excluding hydrogens is 434 g/mol. The summed E-state index contributed by atoms with van der Waals surface area (Å²) in [5.41, 5.74) is -0.911. The van der Waals surface area contributed by atoms with Crippen LogP contribution in [0, 0.1) is 3.57 Å². The fourth-order valence-corrected chi connectivity index (χ4v) is 2.72. The largest absolute Gasteiger partial charge is 0.458 e. The maximum absolute atomic E-state index is 13.3. The number of anilines is 2. The van der Waals surface area contributed by atoms with Crippen molar-refractivity contribution in [2.45, 2.75) is 32.5 Å². The Hall–Kier alpha value is -1.58. The van der Waals surface area contributed by atoms with Gasteiger partial charge in [-0.2, -0.15) is 18.2 Å². The number of benzene rings is 1. The fraction of sp³-hybridized carbons (Fsp3) is 0.375. The number of nitrogens with zero attached hydrogens (tertiary/aromatic N) is 3. The third kappa shape index (κ3) is 4.49. The number of alkyl halides is 3. The van der Waals surface area contributed by atoms with Crippen molar-refractivity contribution in [2.24, 2.45) is 0 Å². The molecule has 0 atom stereocenters. The Kier molecular flexibility index (Phi) is 5.26. The van der Waals surface area contributed by atoms with E-state index in [9.17, 15) is 13.2 Å². The van der Waals surface area contributed by atoms with Crippen LogP contribution in [0.3, 0.4) is 0 Å². The number of rotatable bonds is 3. The maximum atomic E-state index is 13.3. The van der Waals surface area contributed by atoms with Crippen molar-refractivity contribution >= 4 is 34.1 Å². The van der Waals surface area contributed by atoms with E-state index in [2.05, 4.69) is 32.6 Å². The van der Waals surface area contributed by atoms with Gasteiger partial charge in [0.1, 0.15) is 11.2 Å². The number of para-hydroxylation sites is 1. The van der Waals surface area contributed by atoms with Gasteiger partial charge >= 0.3 is 12.2 Å². The highest BCUT2D eigenvalue weighted by atomic mass is 127. The van der Waals surface area contributed by atoms with Gasteiger partial charge in [-0.1, -0.05) is 12.1 Å². The lowest BCUT2D eigenvalue weighted by Gasteiger charge is -2.25. The standard InChI is InChI=1S/C16H17F3IN3O/c1-15(2,3)24-14-21-9-10(16(17,18)19)13(22-14)23(4)12-8-6-5-7-11(12)20/h5-9H,1-4H3. The average Bonchev–Trinajstić information content (AvgIpc) is 2.44. The summed E-state index contributed by atoms with van der Waals surface area (Å²) >= 11 is 2.07. The normalized spacial score (nSPS) is 12.2. The first-order valence-electron chi connectivity index (χ1n) is 7.10. The highest BCUT2D eigenvalue weighted by Crippen LogP contribution is 2.38. The van der Waals surface area contributed by atoms with Gasteiger partial charge in [0.05, 0.1) is 5.69 Å². The first kappa shape index (κ1) is 18.8. The van der Waals surface area contributed by atoms with Crippen molar-refractivity contribution in [1.29, 1.82) is 0 Å². The van der Waals surface area contributed by atoms with E-state index in [1.54, 1.807) is 32.9 Å². The molecule has 0 spiro atoms. The van der Waals surface area contributed by atoms with E-state index in [0.29, 0.717) is 5.69 Å². The Bertz CT molecular complexity index is 729. The van der Waals surface area contributed by atoms with Gasteiger partial charge < -0.3 is 9.64 Å². The zero-order valence-electron chi connectivity index (χ0n) is 13.6. The molecule has 0 amide bonds. The fourth-order valence-electron chi connectivity index (χ4n) is 1.97. The minimum Gasteiger partial charge on any atom is -0.458 e. The minimum atomic E-state index is -4.57. The molecule has 0 saturated heterocycles. The average molecular weight is 451 g/mol. The van der Waals surface area contributed by atoms with Crippen LogP contribution in [0.4, 0.5) is 24.7 Å². The van der Waals surface area contributed by atoms with Crippen LogP contribution in [0.15, 0.2) is 30.5 Å². The molecule has 4 nitrogen and oxygen atoms in total.